The molecule has 1 N–H and O–H groups in total. The number of furan rings is 1. The van der Waals surface area contributed by atoms with Crippen molar-refractivity contribution in [1.82, 2.24) is 5.32 Å². The second kappa shape index (κ2) is 9.14. The fourth-order valence-electron chi connectivity index (χ4n) is 2.51. The summed E-state index contributed by atoms with van der Waals surface area (Å²) >= 11 is 1.64. The third kappa shape index (κ3) is 6.42. The molecule has 6 nitrogen and oxygen atoms in total. The summed E-state index contributed by atoms with van der Waals surface area (Å²) in [6.45, 7) is 4.03. The number of thioether (sulfide) groups is 1. The Morgan fingerprint density at radius 1 is 1.23 bits per heavy atom. The summed E-state index contributed by atoms with van der Waals surface area (Å²) in [6.07, 6.45) is 2.74. The Hall–Kier alpha value is -1.93. The van der Waals surface area contributed by atoms with Crippen LogP contribution in [0.25, 0.3) is 0 Å². The lowest BCUT2D eigenvalue weighted by Gasteiger charge is -2.22. The predicted molar refractivity (Wildman–Crippen MR) is 106 cm³/mol. The van der Waals surface area contributed by atoms with Gasteiger partial charge in [-0.25, -0.2) is 8.42 Å². The van der Waals surface area contributed by atoms with Gasteiger partial charge in [0.1, 0.15) is 12.3 Å². The number of rotatable bonds is 9. The van der Waals surface area contributed by atoms with E-state index < -0.39 is 10.0 Å². The molecule has 8 heteroatoms. The minimum Gasteiger partial charge on any atom is -0.468 e. The van der Waals surface area contributed by atoms with E-state index >= 15 is 0 Å². The topological polar surface area (TPSA) is 79.6 Å². The molecule has 2 rings (SSSR count). The maximum Gasteiger partial charge on any atom is 0.240 e. The third-order valence-electron chi connectivity index (χ3n) is 3.57. The fraction of sp³-hybridized carbons (Fsp3) is 0.389. The highest BCUT2D eigenvalue weighted by Gasteiger charge is 2.21. The van der Waals surface area contributed by atoms with E-state index in [1.807, 2.05) is 32.0 Å². The lowest BCUT2D eigenvalue weighted by molar-refractivity contribution is -0.119. The zero-order chi connectivity index (χ0) is 19.2. The highest BCUT2D eigenvalue weighted by atomic mass is 32.2. The first-order chi connectivity index (χ1) is 12.3. The Morgan fingerprint density at radius 3 is 2.50 bits per heavy atom. The summed E-state index contributed by atoms with van der Waals surface area (Å²) in [5.74, 6) is 2.02. The van der Waals surface area contributed by atoms with Gasteiger partial charge in [-0.1, -0.05) is 6.07 Å². The van der Waals surface area contributed by atoms with Crippen LogP contribution in [0.15, 0.2) is 41.0 Å². The second-order valence-electron chi connectivity index (χ2n) is 6.10. The zero-order valence-corrected chi connectivity index (χ0v) is 16.8. The summed E-state index contributed by atoms with van der Waals surface area (Å²) in [4.78, 5) is 12.2. The molecule has 0 fully saturated rings. The van der Waals surface area contributed by atoms with Gasteiger partial charge in [0, 0.05) is 12.3 Å². The van der Waals surface area contributed by atoms with E-state index in [4.69, 9.17) is 4.42 Å². The van der Waals surface area contributed by atoms with Crippen LogP contribution >= 0.6 is 11.8 Å². The smallest absolute Gasteiger partial charge is 0.240 e. The Morgan fingerprint density at radius 2 is 1.92 bits per heavy atom. The van der Waals surface area contributed by atoms with Crippen LogP contribution in [-0.2, 0) is 20.6 Å². The van der Waals surface area contributed by atoms with Gasteiger partial charge in [0.25, 0.3) is 0 Å². The molecular formula is C18H24N2O4S2. The minimum atomic E-state index is -3.56. The summed E-state index contributed by atoms with van der Waals surface area (Å²) in [5, 5.41) is 2.77. The molecule has 0 aliphatic carbocycles. The number of carbonyl (C=O) groups is 1. The van der Waals surface area contributed by atoms with Crippen LogP contribution in [0.3, 0.4) is 0 Å². The molecule has 142 valence electrons. The van der Waals surface area contributed by atoms with Crippen molar-refractivity contribution in [2.45, 2.75) is 19.6 Å². The molecule has 0 saturated heterocycles. The third-order valence-corrected chi connectivity index (χ3v) is 5.70. The molecule has 1 aromatic heterocycles. The maximum absolute atomic E-state index is 12.2. The van der Waals surface area contributed by atoms with Gasteiger partial charge >= 0.3 is 0 Å². The van der Waals surface area contributed by atoms with E-state index in [0.717, 1.165) is 39.0 Å². The highest BCUT2D eigenvalue weighted by Crippen LogP contribution is 2.21. The van der Waals surface area contributed by atoms with Crippen molar-refractivity contribution in [2.75, 3.05) is 29.4 Å². The zero-order valence-electron chi connectivity index (χ0n) is 15.2. The number of hydrogen-bond acceptors (Lipinski definition) is 5. The molecule has 1 amide bonds. The number of anilines is 1. The molecule has 0 aliphatic heterocycles. The van der Waals surface area contributed by atoms with E-state index in [-0.39, 0.29) is 12.5 Å². The second-order valence-corrected chi connectivity index (χ2v) is 9.11. The Balaban J connectivity index is 1.88. The first-order valence-corrected chi connectivity index (χ1v) is 11.2. The van der Waals surface area contributed by atoms with Gasteiger partial charge in [0.05, 0.1) is 24.0 Å². The Labute approximate surface area is 159 Å². The quantitative estimate of drug-likeness (QED) is 0.659. The lowest BCUT2D eigenvalue weighted by atomic mass is 10.1. The largest absolute Gasteiger partial charge is 0.468 e. The standard InChI is InChI=1S/C18H24N2O4S2/c1-14-9-15(2)11-16(10-14)20(26(3,22)23)12-18(21)19-6-8-25-13-17-5-4-7-24-17/h4-5,7,9-11H,6,8,12-13H2,1-3H3,(H,19,21). The van der Waals surface area contributed by atoms with Crippen LogP contribution in [-0.4, -0.2) is 39.4 Å². The van der Waals surface area contributed by atoms with Crippen LogP contribution in [0.5, 0.6) is 0 Å². The van der Waals surface area contributed by atoms with Gasteiger partial charge in [0.15, 0.2) is 0 Å². The van der Waals surface area contributed by atoms with Crippen LogP contribution in [0.4, 0.5) is 5.69 Å². The van der Waals surface area contributed by atoms with E-state index in [1.54, 1.807) is 30.2 Å². The van der Waals surface area contributed by atoms with Crippen molar-refractivity contribution < 1.29 is 17.6 Å². The van der Waals surface area contributed by atoms with E-state index in [0.29, 0.717) is 12.2 Å². The predicted octanol–water partition coefficient (Wildman–Crippen LogP) is 2.71. The van der Waals surface area contributed by atoms with Crippen molar-refractivity contribution >= 4 is 33.4 Å². The van der Waals surface area contributed by atoms with Gasteiger partial charge in [-0.05, 0) is 49.2 Å². The summed E-state index contributed by atoms with van der Waals surface area (Å²) < 4.78 is 30.6. The number of aryl methyl sites for hydroxylation is 2. The number of amides is 1. The van der Waals surface area contributed by atoms with Gasteiger partial charge in [-0.3, -0.25) is 9.10 Å². The van der Waals surface area contributed by atoms with Crippen molar-refractivity contribution in [1.29, 1.82) is 0 Å². The van der Waals surface area contributed by atoms with E-state index in [9.17, 15) is 13.2 Å². The molecular weight excluding hydrogens is 372 g/mol. The minimum absolute atomic E-state index is 0.232. The van der Waals surface area contributed by atoms with Crippen molar-refractivity contribution in [3.05, 3.63) is 53.5 Å². The summed E-state index contributed by atoms with van der Waals surface area (Å²) in [7, 11) is -3.56. The Kier molecular flexibility index (Phi) is 7.16. The molecule has 0 bridgehead atoms. The normalized spacial score (nSPS) is 11.3. The summed E-state index contributed by atoms with van der Waals surface area (Å²) in [5.41, 5.74) is 2.40. The fourth-order valence-corrected chi connectivity index (χ4v) is 4.11. The monoisotopic (exact) mass is 396 g/mol. The average molecular weight is 397 g/mol. The van der Waals surface area contributed by atoms with Crippen molar-refractivity contribution in [3.8, 4) is 0 Å². The number of nitrogens with one attached hydrogen (secondary N) is 1. The number of nitrogens with zero attached hydrogens (tertiary/aromatic N) is 1. The average Bonchev–Trinajstić information content (AvgIpc) is 3.03. The lowest BCUT2D eigenvalue weighted by Crippen LogP contribution is -2.41. The molecule has 0 spiro atoms. The number of benzene rings is 1. The van der Waals surface area contributed by atoms with Gasteiger partial charge in [0.2, 0.25) is 15.9 Å². The maximum atomic E-state index is 12.2. The SMILES string of the molecule is Cc1cc(C)cc(N(CC(=O)NCCSCc2ccco2)S(C)(=O)=O)c1. The summed E-state index contributed by atoms with van der Waals surface area (Å²) in [6, 6.07) is 9.23. The van der Waals surface area contributed by atoms with E-state index in [1.165, 1.54) is 0 Å². The molecule has 0 radical (unpaired) electrons. The molecule has 26 heavy (non-hydrogen) atoms. The van der Waals surface area contributed by atoms with Gasteiger partial charge < -0.3 is 9.73 Å². The number of hydrogen-bond donors (Lipinski definition) is 1. The molecule has 0 unspecified atom stereocenters. The number of sulfonamides is 1. The van der Waals surface area contributed by atoms with Gasteiger partial charge in [-0.2, -0.15) is 11.8 Å². The Bertz CT molecular complexity index is 813. The first kappa shape index (κ1) is 20.4. The van der Waals surface area contributed by atoms with Crippen LogP contribution in [0.2, 0.25) is 0 Å². The van der Waals surface area contributed by atoms with Crippen molar-refractivity contribution in [2.24, 2.45) is 0 Å². The van der Waals surface area contributed by atoms with Crippen LogP contribution < -0.4 is 9.62 Å². The highest BCUT2D eigenvalue weighted by molar-refractivity contribution is 7.98. The molecule has 0 saturated carbocycles. The number of carbonyl (C=O) groups excluding carboxylic acids is 1. The van der Waals surface area contributed by atoms with Crippen LogP contribution in [0.1, 0.15) is 16.9 Å². The van der Waals surface area contributed by atoms with Crippen molar-refractivity contribution in [3.63, 3.8) is 0 Å². The molecule has 0 atom stereocenters. The molecule has 1 aromatic carbocycles. The molecule has 1 heterocycles. The van der Waals surface area contributed by atoms with Crippen LogP contribution in [0, 0.1) is 13.8 Å². The molecule has 2 aromatic rings. The first-order valence-electron chi connectivity index (χ1n) is 8.18. The van der Waals surface area contributed by atoms with E-state index in [2.05, 4.69) is 5.32 Å². The van der Waals surface area contributed by atoms with Gasteiger partial charge in [-0.15, -0.1) is 0 Å². The molecule has 0 aliphatic rings.